The number of hydrogen-bond acceptors (Lipinski definition) is 0. The Morgan fingerprint density at radius 1 is 0.360 bits per heavy atom. The minimum atomic E-state index is -0.266. The molecule has 0 atom stereocenters. The molecular formula is C24H18I+. The Morgan fingerprint density at radius 2 is 0.720 bits per heavy atom. The highest BCUT2D eigenvalue weighted by atomic mass is 127. The number of hydrogen-bond donors (Lipinski definition) is 0. The Bertz CT molecular complexity index is 878. The molecule has 4 aromatic rings. The summed E-state index contributed by atoms with van der Waals surface area (Å²) in [6, 6.07) is 39.1. The van der Waals surface area contributed by atoms with Crippen LogP contribution in [0.5, 0.6) is 0 Å². The summed E-state index contributed by atoms with van der Waals surface area (Å²) in [5, 5.41) is 0. The first-order valence-electron chi connectivity index (χ1n) is 8.35. The quantitative estimate of drug-likeness (QED) is 0.434. The summed E-state index contributed by atoms with van der Waals surface area (Å²) in [6.07, 6.45) is 0. The van der Waals surface area contributed by atoms with E-state index in [1.165, 1.54) is 29.4 Å². The third kappa shape index (κ3) is 3.67. The predicted molar refractivity (Wildman–Crippen MR) is 101 cm³/mol. The van der Waals surface area contributed by atoms with E-state index in [1.54, 1.807) is 0 Å². The van der Waals surface area contributed by atoms with Gasteiger partial charge in [-0.05, 0) is 35.4 Å². The Morgan fingerprint density at radius 3 is 1.16 bits per heavy atom. The third-order valence-corrected chi connectivity index (χ3v) is 7.16. The molecule has 25 heavy (non-hydrogen) atoms. The van der Waals surface area contributed by atoms with Crippen LogP contribution in [-0.4, -0.2) is 0 Å². The molecule has 0 bridgehead atoms. The van der Waals surface area contributed by atoms with Gasteiger partial charge >= 0.3 is 21.2 Å². The normalized spacial score (nSPS) is 10.6. The molecule has 0 unspecified atom stereocenters. The van der Waals surface area contributed by atoms with Gasteiger partial charge < -0.3 is 0 Å². The van der Waals surface area contributed by atoms with E-state index in [4.69, 9.17) is 0 Å². The van der Waals surface area contributed by atoms with Gasteiger partial charge in [0.25, 0.3) is 0 Å². The molecule has 0 fully saturated rings. The Hall–Kier alpha value is -2.39. The van der Waals surface area contributed by atoms with Crippen molar-refractivity contribution in [3.05, 3.63) is 116 Å². The summed E-state index contributed by atoms with van der Waals surface area (Å²) in [7, 11) is 0. The van der Waals surface area contributed by atoms with Gasteiger partial charge in [0.15, 0.2) is 0 Å². The molecule has 0 aliphatic rings. The monoisotopic (exact) mass is 433 g/mol. The van der Waals surface area contributed by atoms with Gasteiger partial charge in [-0.25, -0.2) is 0 Å². The van der Waals surface area contributed by atoms with Crippen LogP contribution < -0.4 is 21.2 Å². The Labute approximate surface area is 159 Å². The van der Waals surface area contributed by atoms with Crippen molar-refractivity contribution in [2.75, 3.05) is 0 Å². The van der Waals surface area contributed by atoms with E-state index in [2.05, 4.69) is 109 Å². The van der Waals surface area contributed by atoms with Crippen LogP contribution in [0, 0.1) is 7.14 Å². The first-order chi connectivity index (χ1) is 12.4. The zero-order valence-electron chi connectivity index (χ0n) is 13.8. The minimum absolute atomic E-state index is 0.266. The first kappa shape index (κ1) is 16.1. The molecule has 0 spiro atoms. The van der Waals surface area contributed by atoms with Crippen molar-refractivity contribution in [2.24, 2.45) is 0 Å². The van der Waals surface area contributed by atoms with Gasteiger partial charge in [0.05, 0.1) is 0 Å². The van der Waals surface area contributed by atoms with Crippen LogP contribution in [0.15, 0.2) is 109 Å². The molecular weight excluding hydrogens is 415 g/mol. The summed E-state index contributed by atoms with van der Waals surface area (Å²) in [4.78, 5) is 0. The second-order valence-electron chi connectivity index (χ2n) is 5.79. The van der Waals surface area contributed by atoms with Gasteiger partial charge in [-0.1, -0.05) is 84.9 Å². The van der Waals surface area contributed by atoms with Crippen LogP contribution in [0.25, 0.3) is 22.3 Å². The number of halogens is 1. The maximum Gasteiger partial charge on any atom is 0.359 e. The molecule has 0 nitrogen and oxygen atoms in total. The van der Waals surface area contributed by atoms with Crippen LogP contribution in [0.2, 0.25) is 0 Å². The molecule has 4 aromatic carbocycles. The molecule has 0 amide bonds. The first-order valence-corrected chi connectivity index (χ1v) is 10.5. The molecule has 0 aromatic heterocycles. The van der Waals surface area contributed by atoms with Crippen LogP contribution in [-0.2, 0) is 0 Å². The van der Waals surface area contributed by atoms with E-state index >= 15 is 0 Å². The summed E-state index contributed by atoms with van der Waals surface area (Å²) >= 11 is -0.266. The van der Waals surface area contributed by atoms with Gasteiger partial charge in [-0.3, -0.25) is 0 Å². The molecule has 0 radical (unpaired) electrons. The predicted octanol–water partition coefficient (Wildman–Crippen LogP) is 3.15. The van der Waals surface area contributed by atoms with E-state index in [9.17, 15) is 0 Å². The van der Waals surface area contributed by atoms with Crippen molar-refractivity contribution in [3.8, 4) is 22.3 Å². The van der Waals surface area contributed by atoms with E-state index in [-0.39, 0.29) is 21.2 Å². The van der Waals surface area contributed by atoms with E-state index in [0.29, 0.717) is 0 Å². The molecule has 0 aliphatic carbocycles. The van der Waals surface area contributed by atoms with Crippen molar-refractivity contribution in [1.82, 2.24) is 0 Å². The number of benzene rings is 4. The SMILES string of the molecule is c1ccc(-c2ccccc2[I+]c2ccccc2-c2ccccc2)cc1. The molecule has 4 rings (SSSR count). The molecule has 0 aliphatic heterocycles. The average Bonchev–Trinajstić information content (AvgIpc) is 2.70. The fourth-order valence-electron chi connectivity index (χ4n) is 2.90. The minimum Gasteiger partial charge on any atom is -0.0622 e. The molecule has 120 valence electrons. The van der Waals surface area contributed by atoms with E-state index < -0.39 is 0 Å². The zero-order valence-corrected chi connectivity index (χ0v) is 15.9. The smallest absolute Gasteiger partial charge is 0.0622 e. The molecule has 0 saturated carbocycles. The van der Waals surface area contributed by atoms with Crippen molar-refractivity contribution < 1.29 is 21.2 Å². The van der Waals surface area contributed by atoms with E-state index in [0.717, 1.165) is 0 Å². The highest BCUT2D eigenvalue weighted by molar-refractivity contribution is 5.64. The average molecular weight is 433 g/mol. The van der Waals surface area contributed by atoms with Gasteiger partial charge in [-0.15, -0.1) is 0 Å². The zero-order chi connectivity index (χ0) is 16.9. The maximum atomic E-state index is 2.29. The molecule has 1 heteroatoms. The topological polar surface area (TPSA) is 0 Å². The van der Waals surface area contributed by atoms with Crippen LogP contribution in [0.4, 0.5) is 0 Å². The molecule has 0 heterocycles. The Balaban J connectivity index is 1.76. The van der Waals surface area contributed by atoms with Crippen molar-refractivity contribution >= 4 is 0 Å². The van der Waals surface area contributed by atoms with Gasteiger partial charge in [0.2, 0.25) is 7.14 Å². The van der Waals surface area contributed by atoms with Crippen LogP contribution >= 0.6 is 0 Å². The highest BCUT2D eigenvalue weighted by Crippen LogP contribution is 2.20. The van der Waals surface area contributed by atoms with Crippen LogP contribution in [0.1, 0.15) is 0 Å². The van der Waals surface area contributed by atoms with Gasteiger partial charge in [-0.2, -0.15) is 0 Å². The highest BCUT2D eigenvalue weighted by Gasteiger charge is 2.23. The van der Waals surface area contributed by atoms with Crippen molar-refractivity contribution in [3.63, 3.8) is 0 Å². The van der Waals surface area contributed by atoms with Crippen molar-refractivity contribution in [2.45, 2.75) is 0 Å². The summed E-state index contributed by atoms with van der Waals surface area (Å²) < 4.78 is 2.94. The van der Waals surface area contributed by atoms with E-state index in [1.807, 2.05) is 0 Å². The lowest BCUT2D eigenvalue weighted by Crippen LogP contribution is -3.61. The van der Waals surface area contributed by atoms with Gasteiger partial charge in [0.1, 0.15) is 0 Å². The van der Waals surface area contributed by atoms with Crippen molar-refractivity contribution in [1.29, 1.82) is 0 Å². The lowest BCUT2D eigenvalue weighted by atomic mass is 10.1. The summed E-state index contributed by atoms with van der Waals surface area (Å²) in [5.74, 6) is 0. The standard InChI is InChI=1S/C24H18I/c1-3-11-19(12-4-1)21-15-7-9-17-23(21)25-24-18-10-8-16-22(24)20-13-5-2-6-14-20/h1-18H/q+1. The third-order valence-electron chi connectivity index (χ3n) is 4.12. The maximum absolute atomic E-state index is 2.29. The lowest BCUT2D eigenvalue weighted by Gasteiger charge is -2.04. The number of rotatable bonds is 4. The lowest BCUT2D eigenvalue weighted by molar-refractivity contribution is -0.595. The molecule has 0 saturated heterocycles. The Kier molecular flexibility index (Phi) is 4.93. The summed E-state index contributed by atoms with van der Waals surface area (Å²) in [5.41, 5.74) is 5.32. The largest absolute Gasteiger partial charge is 0.359 e. The van der Waals surface area contributed by atoms with Gasteiger partial charge in [0, 0.05) is 11.1 Å². The second kappa shape index (κ2) is 7.66. The molecule has 0 N–H and O–H groups in total. The second-order valence-corrected chi connectivity index (χ2v) is 8.65. The summed E-state index contributed by atoms with van der Waals surface area (Å²) in [6.45, 7) is 0. The van der Waals surface area contributed by atoms with Crippen LogP contribution in [0.3, 0.4) is 0 Å². The fourth-order valence-corrected chi connectivity index (χ4v) is 5.86. The fraction of sp³-hybridized carbons (Fsp3) is 0.